The van der Waals surface area contributed by atoms with Crippen LogP contribution in [0.15, 0.2) is 18.2 Å². The average molecular weight is 166 g/mol. The third-order valence-electron chi connectivity index (χ3n) is 1.88. The SMILES string of the molecule is Cc1cc(CN)ccc1CON. The third kappa shape index (κ3) is 2.04. The van der Waals surface area contributed by atoms with Gasteiger partial charge in [0.15, 0.2) is 0 Å². The number of rotatable bonds is 3. The van der Waals surface area contributed by atoms with Crippen LogP contribution >= 0.6 is 0 Å². The molecule has 4 N–H and O–H groups in total. The van der Waals surface area contributed by atoms with Crippen molar-refractivity contribution in [3.63, 3.8) is 0 Å². The van der Waals surface area contributed by atoms with Gasteiger partial charge in [-0.2, -0.15) is 0 Å². The summed E-state index contributed by atoms with van der Waals surface area (Å²) in [5.74, 6) is 4.98. The summed E-state index contributed by atoms with van der Waals surface area (Å²) in [5, 5.41) is 0. The van der Waals surface area contributed by atoms with Crippen LogP contribution in [0.2, 0.25) is 0 Å². The summed E-state index contributed by atoms with van der Waals surface area (Å²) >= 11 is 0. The molecule has 1 aromatic rings. The summed E-state index contributed by atoms with van der Waals surface area (Å²) < 4.78 is 0. The molecule has 0 heterocycles. The van der Waals surface area contributed by atoms with Crippen molar-refractivity contribution in [2.45, 2.75) is 20.1 Å². The summed E-state index contributed by atoms with van der Waals surface area (Å²) in [4.78, 5) is 4.55. The summed E-state index contributed by atoms with van der Waals surface area (Å²) in [6.45, 7) is 3.05. The van der Waals surface area contributed by atoms with Crippen molar-refractivity contribution in [2.24, 2.45) is 11.6 Å². The Kier molecular flexibility index (Phi) is 3.22. The van der Waals surface area contributed by atoms with Crippen LogP contribution in [0.25, 0.3) is 0 Å². The van der Waals surface area contributed by atoms with Gasteiger partial charge in [0, 0.05) is 6.54 Å². The Hall–Kier alpha value is -0.900. The van der Waals surface area contributed by atoms with Crippen LogP contribution in [0.5, 0.6) is 0 Å². The molecule has 1 rings (SSSR count). The van der Waals surface area contributed by atoms with E-state index in [2.05, 4.69) is 4.84 Å². The van der Waals surface area contributed by atoms with E-state index in [1.807, 2.05) is 25.1 Å². The maximum absolute atomic E-state index is 5.49. The van der Waals surface area contributed by atoms with E-state index in [9.17, 15) is 0 Å². The maximum Gasteiger partial charge on any atom is 0.0932 e. The lowest BCUT2D eigenvalue weighted by Crippen LogP contribution is -2.02. The molecule has 3 nitrogen and oxygen atoms in total. The van der Waals surface area contributed by atoms with Crippen LogP contribution in [-0.2, 0) is 18.0 Å². The van der Waals surface area contributed by atoms with E-state index in [4.69, 9.17) is 11.6 Å². The predicted octanol–water partition coefficient (Wildman–Crippen LogP) is 0.844. The molecule has 3 heteroatoms. The van der Waals surface area contributed by atoms with Gasteiger partial charge < -0.3 is 5.73 Å². The Morgan fingerprint density at radius 3 is 2.67 bits per heavy atom. The molecule has 1 aromatic carbocycles. The van der Waals surface area contributed by atoms with Crippen molar-refractivity contribution in [1.82, 2.24) is 0 Å². The van der Waals surface area contributed by atoms with E-state index < -0.39 is 0 Å². The minimum atomic E-state index is 0.455. The predicted molar refractivity (Wildman–Crippen MR) is 48.0 cm³/mol. The number of nitrogens with two attached hydrogens (primary N) is 2. The second kappa shape index (κ2) is 4.21. The topological polar surface area (TPSA) is 61.3 Å². The van der Waals surface area contributed by atoms with Gasteiger partial charge in [0.2, 0.25) is 0 Å². The zero-order chi connectivity index (χ0) is 8.97. The Balaban J connectivity index is 2.87. The molecule has 0 bridgehead atoms. The minimum absolute atomic E-state index is 0.455. The lowest BCUT2D eigenvalue weighted by atomic mass is 10.1. The molecular weight excluding hydrogens is 152 g/mol. The number of hydrogen-bond acceptors (Lipinski definition) is 3. The molecule has 0 saturated heterocycles. The molecule has 0 radical (unpaired) electrons. The second-order valence-electron chi connectivity index (χ2n) is 2.78. The lowest BCUT2D eigenvalue weighted by Gasteiger charge is -2.05. The molecule has 0 aliphatic carbocycles. The highest BCUT2D eigenvalue weighted by Gasteiger charge is 1.98. The van der Waals surface area contributed by atoms with Crippen LogP contribution < -0.4 is 11.6 Å². The highest BCUT2D eigenvalue weighted by molar-refractivity contribution is 5.30. The Bertz CT molecular complexity index is 261. The Morgan fingerprint density at radius 2 is 2.17 bits per heavy atom. The molecule has 0 aliphatic heterocycles. The first-order chi connectivity index (χ1) is 5.77. The standard InChI is InChI=1S/C9H14N2O/c1-7-4-8(5-10)2-3-9(7)6-12-11/h2-4H,5-6,10-11H2,1H3. The Morgan fingerprint density at radius 1 is 1.42 bits per heavy atom. The van der Waals surface area contributed by atoms with Crippen LogP contribution in [0.1, 0.15) is 16.7 Å². The molecule has 0 atom stereocenters. The fourth-order valence-electron chi connectivity index (χ4n) is 1.14. The fourth-order valence-corrected chi connectivity index (χ4v) is 1.14. The molecule has 0 spiro atoms. The first-order valence-electron chi connectivity index (χ1n) is 3.88. The van der Waals surface area contributed by atoms with Crippen molar-refractivity contribution >= 4 is 0 Å². The molecular formula is C9H14N2O. The van der Waals surface area contributed by atoms with E-state index in [1.54, 1.807) is 0 Å². The molecule has 12 heavy (non-hydrogen) atoms. The fraction of sp³-hybridized carbons (Fsp3) is 0.333. The summed E-state index contributed by atoms with van der Waals surface area (Å²) in [5.41, 5.74) is 8.90. The molecule has 0 saturated carbocycles. The van der Waals surface area contributed by atoms with Crippen molar-refractivity contribution in [3.8, 4) is 0 Å². The van der Waals surface area contributed by atoms with Crippen LogP contribution in [0, 0.1) is 6.92 Å². The van der Waals surface area contributed by atoms with E-state index in [-0.39, 0.29) is 0 Å². The maximum atomic E-state index is 5.49. The van der Waals surface area contributed by atoms with Gasteiger partial charge in [-0.1, -0.05) is 18.2 Å². The van der Waals surface area contributed by atoms with Gasteiger partial charge in [0.05, 0.1) is 6.61 Å². The van der Waals surface area contributed by atoms with Gasteiger partial charge in [-0.25, -0.2) is 5.90 Å². The zero-order valence-electron chi connectivity index (χ0n) is 7.21. The first kappa shape index (κ1) is 9.19. The van der Waals surface area contributed by atoms with Crippen molar-refractivity contribution < 1.29 is 4.84 Å². The largest absolute Gasteiger partial charge is 0.326 e. The Labute approximate surface area is 72.3 Å². The van der Waals surface area contributed by atoms with E-state index in [0.29, 0.717) is 13.2 Å². The van der Waals surface area contributed by atoms with Crippen LogP contribution in [0.4, 0.5) is 0 Å². The summed E-state index contributed by atoms with van der Waals surface area (Å²) in [6.07, 6.45) is 0. The number of hydrogen-bond donors (Lipinski definition) is 2. The van der Waals surface area contributed by atoms with E-state index >= 15 is 0 Å². The summed E-state index contributed by atoms with van der Waals surface area (Å²) in [7, 11) is 0. The quantitative estimate of drug-likeness (QED) is 0.654. The van der Waals surface area contributed by atoms with Gasteiger partial charge in [0.25, 0.3) is 0 Å². The molecule has 0 unspecified atom stereocenters. The van der Waals surface area contributed by atoms with E-state index in [1.165, 1.54) is 5.56 Å². The molecule has 66 valence electrons. The second-order valence-corrected chi connectivity index (χ2v) is 2.78. The van der Waals surface area contributed by atoms with Gasteiger partial charge in [0.1, 0.15) is 0 Å². The van der Waals surface area contributed by atoms with Crippen molar-refractivity contribution in [2.75, 3.05) is 0 Å². The number of aryl methyl sites for hydroxylation is 1. The number of benzene rings is 1. The minimum Gasteiger partial charge on any atom is -0.326 e. The van der Waals surface area contributed by atoms with E-state index in [0.717, 1.165) is 11.1 Å². The van der Waals surface area contributed by atoms with Crippen LogP contribution in [0.3, 0.4) is 0 Å². The van der Waals surface area contributed by atoms with Gasteiger partial charge in [-0.05, 0) is 23.6 Å². The van der Waals surface area contributed by atoms with Gasteiger partial charge in [-0.15, -0.1) is 0 Å². The first-order valence-corrected chi connectivity index (χ1v) is 3.88. The van der Waals surface area contributed by atoms with Gasteiger partial charge in [-0.3, -0.25) is 4.84 Å². The lowest BCUT2D eigenvalue weighted by molar-refractivity contribution is 0.123. The van der Waals surface area contributed by atoms with Crippen molar-refractivity contribution in [3.05, 3.63) is 34.9 Å². The molecule has 0 fully saturated rings. The molecule has 0 aromatic heterocycles. The average Bonchev–Trinajstić information content (AvgIpc) is 2.09. The highest BCUT2D eigenvalue weighted by atomic mass is 16.6. The molecule has 0 aliphatic rings. The normalized spacial score (nSPS) is 10.2. The van der Waals surface area contributed by atoms with Gasteiger partial charge >= 0.3 is 0 Å². The summed E-state index contributed by atoms with van der Waals surface area (Å²) in [6, 6.07) is 6.03. The smallest absolute Gasteiger partial charge is 0.0932 e. The monoisotopic (exact) mass is 166 g/mol. The highest BCUT2D eigenvalue weighted by Crippen LogP contribution is 2.11. The molecule has 0 amide bonds. The van der Waals surface area contributed by atoms with Crippen molar-refractivity contribution in [1.29, 1.82) is 0 Å². The zero-order valence-corrected chi connectivity index (χ0v) is 7.21. The third-order valence-corrected chi connectivity index (χ3v) is 1.88. The van der Waals surface area contributed by atoms with Crippen LogP contribution in [-0.4, -0.2) is 0 Å².